The van der Waals surface area contributed by atoms with Crippen molar-refractivity contribution < 1.29 is 25.5 Å². The van der Waals surface area contributed by atoms with Crippen LogP contribution in [0.1, 0.15) is 5.56 Å². The van der Waals surface area contributed by atoms with E-state index in [1.165, 1.54) is 0 Å². The maximum atomic E-state index is 12.7. The van der Waals surface area contributed by atoms with Gasteiger partial charge in [0, 0.05) is 37.6 Å². The molecule has 4 N–H and O–H groups in total. The summed E-state index contributed by atoms with van der Waals surface area (Å²) in [6, 6.07) is 3.43. The summed E-state index contributed by atoms with van der Waals surface area (Å²) in [6.45, 7) is 2.34. The minimum absolute atomic E-state index is 0.125. The molecule has 0 amide bonds. The molecule has 1 aromatic rings. The number of rotatable bonds is 10. The fourth-order valence-corrected chi connectivity index (χ4v) is 2.39. The minimum atomic E-state index is -0.241. The fourth-order valence-electron chi connectivity index (χ4n) is 2.39. The van der Waals surface area contributed by atoms with E-state index in [4.69, 9.17) is 20.4 Å². The van der Waals surface area contributed by atoms with Crippen molar-refractivity contribution in [2.75, 3.05) is 62.4 Å². The molecule has 22 heavy (non-hydrogen) atoms. The summed E-state index contributed by atoms with van der Waals surface area (Å²) in [6.07, 6.45) is 0. The first-order chi connectivity index (χ1) is 10.6. The van der Waals surface area contributed by atoms with Gasteiger partial charge in [-0.15, -0.1) is 0 Å². The summed E-state index contributed by atoms with van der Waals surface area (Å²) >= 11 is 0. The zero-order valence-corrected chi connectivity index (χ0v) is 12.9. The van der Waals surface area contributed by atoms with Gasteiger partial charge in [-0.2, -0.15) is 0 Å². The van der Waals surface area contributed by atoms with Gasteiger partial charge >= 0.3 is 0 Å². The average molecular weight is 313 g/mol. The number of aliphatic hydroxyl groups excluding tert-OH is 4. The van der Waals surface area contributed by atoms with Gasteiger partial charge in [-0.05, 0) is 24.6 Å². The second-order valence-corrected chi connectivity index (χ2v) is 5.00. The zero-order valence-electron chi connectivity index (χ0n) is 12.9. The molecule has 0 aromatic heterocycles. The Balaban J connectivity index is 3.24. The van der Waals surface area contributed by atoms with Crippen LogP contribution in [0.15, 0.2) is 12.1 Å². The van der Waals surface area contributed by atoms with Crippen LogP contribution in [0.4, 0.5) is 11.4 Å². The quantitative estimate of drug-likeness (QED) is 0.423. The molecule has 0 heterocycles. The van der Waals surface area contributed by atoms with Crippen molar-refractivity contribution in [3.63, 3.8) is 0 Å². The van der Waals surface area contributed by atoms with Gasteiger partial charge in [-0.3, -0.25) is 0 Å². The number of benzene rings is 1. The Hall–Kier alpha value is -1.54. The topological polar surface area (TPSA) is 110 Å². The van der Waals surface area contributed by atoms with Crippen molar-refractivity contribution in [1.82, 2.24) is 0 Å². The SMILES string of the molecule is Cc1cc(N(CCO)CCO)c([O-])c(N(CCO)CCO)c1. The van der Waals surface area contributed by atoms with Gasteiger partial charge in [0.15, 0.2) is 0 Å². The largest absolute Gasteiger partial charge is 0.870 e. The third kappa shape index (κ3) is 4.74. The van der Waals surface area contributed by atoms with Gasteiger partial charge in [0.25, 0.3) is 0 Å². The maximum Gasteiger partial charge on any atom is 0.0606 e. The number of nitrogens with zero attached hydrogens (tertiary/aromatic N) is 2. The highest BCUT2D eigenvalue weighted by atomic mass is 16.3. The summed E-state index contributed by atoms with van der Waals surface area (Å²) in [4.78, 5) is 3.27. The predicted molar refractivity (Wildman–Crippen MR) is 83.4 cm³/mol. The maximum absolute atomic E-state index is 12.7. The van der Waals surface area contributed by atoms with Crippen LogP contribution in [0.25, 0.3) is 0 Å². The lowest BCUT2D eigenvalue weighted by atomic mass is 10.1. The second kappa shape index (κ2) is 9.47. The monoisotopic (exact) mass is 313 g/mol. The number of hydrogen-bond donors (Lipinski definition) is 4. The molecule has 0 aliphatic heterocycles. The smallest absolute Gasteiger partial charge is 0.0606 e. The highest BCUT2D eigenvalue weighted by Gasteiger charge is 2.13. The molecule has 7 heteroatoms. The first-order valence-corrected chi connectivity index (χ1v) is 7.34. The van der Waals surface area contributed by atoms with Gasteiger partial charge in [-0.1, -0.05) is 5.75 Å². The third-order valence-corrected chi connectivity index (χ3v) is 3.36. The Morgan fingerprint density at radius 2 is 1.09 bits per heavy atom. The summed E-state index contributed by atoms with van der Waals surface area (Å²) in [5.41, 5.74) is 1.66. The number of aryl methyl sites for hydroxylation is 1. The van der Waals surface area contributed by atoms with E-state index in [0.29, 0.717) is 11.4 Å². The van der Waals surface area contributed by atoms with Crippen LogP contribution < -0.4 is 14.9 Å². The Morgan fingerprint density at radius 3 is 1.36 bits per heavy atom. The summed E-state index contributed by atoms with van der Waals surface area (Å²) in [5, 5.41) is 49.2. The highest BCUT2D eigenvalue weighted by molar-refractivity contribution is 5.73. The van der Waals surface area contributed by atoms with Crippen LogP contribution in [-0.2, 0) is 0 Å². The molecule has 1 aromatic carbocycles. The van der Waals surface area contributed by atoms with Gasteiger partial charge in [0.2, 0.25) is 0 Å². The molecule has 0 saturated carbocycles. The number of anilines is 2. The molecule has 0 aliphatic rings. The molecule has 7 nitrogen and oxygen atoms in total. The van der Waals surface area contributed by atoms with E-state index in [1.807, 2.05) is 6.92 Å². The Kier molecular flexibility index (Phi) is 7.97. The van der Waals surface area contributed by atoms with Gasteiger partial charge < -0.3 is 35.3 Å². The van der Waals surface area contributed by atoms with E-state index in [0.717, 1.165) is 5.56 Å². The Labute approximate surface area is 130 Å². The van der Waals surface area contributed by atoms with Crippen LogP contribution in [0.2, 0.25) is 0 Å². The lowest BCUT2D eigenvalue weighted by Crippen LogP contribution is -2.33. The van der Waals surface area contributed by atoms with Gasteiger partial charge in [0.05, 0.1) is 26.4 Å². The lowest BCUT2D eigenvalue weighted by molar-refractivity contribution is -0.266. The fraction of sp³-hybridized carbons (Fsp3) is 0.600. The predicted octanol–water partition coefficient (Wildman–Crippen LogP) is -1.35. The molecule has 0 saturated heterocycles. The molecule has 0 atom stereocenters. The van der Waals surface area contributed by atoms with E-state index in [9.17, 15) is 5.11 Å². The molecule has 0 fully saturated rings. The zero-order chi connectivity index (χ0) is 16.5. The highest BCUT2D eigenvalue weighted by Crippen LogP contribution is 2.36. The first-order valence-electron chi connectivity index (χ1n) is 7.34. The van der Waals surface area contributed by atoms with E-state index in [2.05, 4.69) is 0 Å². The summed E-state index contributed by atoms with van der Waals surface area (Å²) < 4.78 is 0. The molecule has 126 valence electrons. The summed E-state index contributed by atoms with van der Waals surface area (Å²) in [7, 11) is 0. The van der Waals surface area contributed by atoms with Crippen molar-refractivity contribution >= 4 is 11.4 Å². The molecule has 0 unspecified atom stereocenters. The minimum Gasteiger partial charge on any atom is -0.870 e. The van der Waals surface area contributed by atoms with Crippen molar-refractivity contribution in [1.29, 1.82) is 0 Å². The molecule has 0 spiro atoms. The van der Waals surface area contributed by atoms with E-state index in [-0.39, 0.29) is 58.4 Å². The van der Waals surface area contributed by atoms with Crippen LogP contribution in [0.3, 0.4) is 0 Å². The van der Waals surface area contributed by atoms with Crippen molar-refractivity contribution in [3.8, 4) is 5.75 Å². The third-order valence-electron chi connectivity index (χ3n) is 3.36. The number of aliphatic hydroxyl groups is 4. The first kappa shape index (κ1) is 18.5. The van der Waals surface area contributed by atoms with Crippen LogP contribution in [0, 0.1) is 6.92 Å². The summed E-state index contributed by atoms with van der Waals surface area (Å²) in [5.74, 6) is -0.241. The Bertz CT molecular complexity index is 407. The number of hydrogen-bond acceptors (Lipinski definition) is 7. The van der Waals surface area contributed by atoms with E-state index < -0.39 is 0 Å². The Morgan fingerprint density at radius 1 is 0.773 bits per heavy atom. The lowest BCUT2D eigenvalue weighted by Gasteiger charge is -2.34. The van der Waals surface area contributed by atoms with E-state index in [1.54, 1.807) is 21.9 Å². The van der Waals surface area contributed by atoms with Crippen LogP contribution in [0.5, 0.6) is 5.75 Å². The molecule has 0 aliphatic carbocycles. The van der Waals surface area contributed by atoms with E-state index >= 15 is 0 Å². The molecular formula is C15H25N2O5-. The van der Waals surface area contributed by atoms with Crippen molar-refractivity contribution in [2.24, 2.45) is 0 Å². The van der Waals surface area contributed by atoms with Gasteiger partial charge in [-0.25, -0.2) is 0 Å². The van der Waals surface area contributed by atoms with Gasteiger partial charge in [0.1, 0.15) is 0 Å². The standard InChI is InChI=1S/C15H26N2O5/c1-12-10-13(16(2-6-18)3-7-19)15(22)14(11-12)17(4-8-20)5-9-21/h10-11,18-22H,2-9H2,1H3/p-1. The molecular weight excluding hydrogens is 288 g/mol. The van der Waals surface area contributed by atoms with Crippen molar-refractivity contribution in [3.05, 3.63) is 17.7 Å². The molecule has 0 bridgehead atoms. The molecule has 1 rings (SSSR count). The molecule has 0 radical (unpaired) electrons. The normalized spacial score (nSPS) is 10.8. The average Bonchev–Trinajstić information content (AvgIpc) is 2.49. The second-order valence-electron chi connectivity index (χ2n) is 5.00. The van der Waals surface area contributed by atoms with Crippen LogP contribution in [-0.4, -0.2) is 73.0 Å². The van der Waals surface area contributed by atoms with Crippen molar-refractivity contribution in [2.45, 2.75) is 6.92 Å². The van der Waals surface area contributed by atoms with Crippen LogP contribution >= 0.6 is 0 Å².